The third kappa shape index (κ3) is 2.46. The van der Waals surface area contributed by atoms with E-state index in [0.717, 1.165) is 30.0 Å². The summed E-state index contributed by atoms with van der Waals surface area (Å²) in [6.45, 7) is 1.77. The molecule has 1 aromatic rings. The number of halogens is 1. The van der Waals surface area contributed by atoms with Crippen LogP contribution in [0.2, 0.25) is 0 Å². The summed E-state index contributed by atoms with van der Waals surface area (Å²) in [6, 6.07) is 0.427. The lowest BCUT2D eigenvalue weighted by molar-refractivity contribution is 0.180. The maximum absolute atomic E-state index is 5.19. The summed E-state index contributed by atoms with van der Waals surface area (Å²) in [5.74, 6) is 0.803. The molecule has 4 nitrogen and oxygen atoms in total. The van der Waals surface area contributed by atoms with Gasteiger partial charge in [-0.1, -0.05) is 0 Å². The van der Waals surface area contributed by atoms with Crippen LogP contribution in [0.5, 0.6) is 0 Å². The van der Waals surface area contributed by atoms with Gasteiger partial charge >= 0.3 is 0 Å². The largest absolute Gasteiger partial charge is 0.383 e. The number of methoxy groups -OCH3 is 1. The zero-order chi connectivity index (χ0) is 10.7. The average molecular weight is 272 g/mol. The van der Waals surface area contributed by atoms with Crippen molar-refractivity contribution in [1.82, 2.24) is 9.97 Å². The number of hydrogen-bond donors (Lipinski definition) is 0. The molecule has 0 saturated carbocycles. The molecule has 15 heavy (non-hydrogen) atoms. The molecule has 1 aliphatic heterocycles. The Labute approximate surface area is 97.8 Å². The normalized spacial score (nSPS) is 20.9. The SMILES string of the molecule is COC[C@H]1CCCN1c1ncc(Br)cn1. The van der Waals surface area contributed by atoms with Gasteiger partial charge in [0.05, 0.1) is 17.1 Å². The number of rotatable bonds is 3. The van der Waals surface area contributed by atoms with Crippen LogP contribution in [0.25, 0.3) is 0 Å². The summed E-state index contributed by atoms with van der Waals surface area (Å²) in [5, 5.41) is 0. The van der Waals surface area contributed by atoms with Crippen LogP contribution in [0, 0.1) is 0 Å². The first-order valence-electron chi connectivity index (χ1n) is 5.04. The lowest BCUT2D eigenvalue weighted by atomic mass is 10.2. The predicted molar refractivity (Wildman–Crippen MR) is 62.0 cm³/mol. The number of nitrogens with zero attached hydrogens (tertiary/aromatic N) is 3. The van der Waals surface area contributed by atoms with Crippen LogP contribution in [0.1, 0.15) is 12.8 Å². The minimum atomic E-state index is 0.427. The first-order valence-corrected chi connectivity index (χ1v) is 5.83. The molecule has 1 fully saturated rings. The zero-order valence-corrected chi connectivity index (χ0v) is 10.3. The van der Waals surface area contributed by atoms with Crippen molar-refractivity contribution in [3.8, 4) is 0 Å². The second-order valence-corrected chi connectivity index (χ2v) is 4.56. The molecule has 0 amide bonds. The summed E-state index contributed by atoms with van der Waals surface area (Å²) in [4.78, 5) is 10.8. The smallest absolute Gasteiger partial charge is 0.225 e. The first-order chi connectivity index (χ1) is 7.31. The van der Waals surface area contributed by atoms with Gasteiger partial charge < -0.3 is 9.64 Å². The molecular weight excluding hydrogens is 258 g/mol. The van der Waals surface area contributed by atoms with E-state index in [1.165, 1.54) is 6.42 Å². The van der Waals surface area contributed by atoms with Gasteiger partial charge in [0.15, 0.2) is 0 Å². The highest BCUT2D eigenvalue weighted by molar-refractivity contribution is 9.10. The van der Waals surface area contributed by atoms with E-state index in [9.17, 15) is 0 Å². The molecule has 0 bridgehead atoms. The second-order valence-electron chi connectivity index (χ2n) is 3.65. The topological polar surface area (TPSA) is 38.2 Å². The van der Waals surface area contributed by atoms with Crippen LogP contribution < -0.4 is 4.90 Å². The third-order valence-electron chi connectivity index (χ3n) is 2.60. The van der Waals surface area contributed by atoms with Crippen LogP contribution in [-0.2, 0) is 4.74 Å². The Bertz CT molecular complexity index is 317. The Morgan fingerprint density at radius 3 is 2.93 bits per heavy atom. The van der Waals surface area contributed by atoms with Gasteiger partial charge in [-0.3, -0.25) is 0 Å². The highest BCUT2D eigenvalue weighted by atomic mass is 79.9. The zero-order valence-electron chi connectivity index (χ0n) is 8.69. The molecule has 1 atom stereocenters. The molecular formula is C10H14BrN3O. The lowest BCUT2D eigenvalue weighted by Gasteiger charge is -2.23. The van der Waals surface area contributed by atoms with E-state index < -0.39 is 0 Å². The molecule has 0 N–H and O–H groups in total. The van der Waals surface area contributed by atoms with Crippen molar-refractivity contribution in [2.24, 2.45) is 0 Å². The van der Waals surface area contributed by atoms with Gasteiger partial charge in [0.1, 0.15) is 0 Å². The van der Waals surface area contributed by atoms with E-state index in [0.29, 0.717) is 6.04 Å². The van der Waals surface area contributed by atoms with Crippen molar-refractivity contribution in [2.45, 2.75) is 18.9 Å². The number of hydrogen-bond acceptors (Lipinski definition) is 4. The molecule has 0 radical (unpaired) electrons. The van der Waals surface area contributed by atoms with Crippen molar-refractivity contribution < 1.29 is 4.74 Å². The molecule has 82 valence electrons. The fourth-order valence-electron chi connectivity index (χ4n) is 1.92. The summed E-state index contributed by atoms with van der Waals surface area (Å²) >= 11 is 3.33. The third-order valence-corrected chi connectivity index (χ3v) is 3.01. The van der Waals surface area contributed by atoms with Gasteiger partial charge in [-0.15, -0.1) is 0 Å². The van der Waals surface area contributed by atoms with E-state index in [1.807, 2.05) is 0 Å². The maximum Gasteiger partial charge on any atom is 0.225 e. The number of ether oxygens (including phenoxy) is 1. The molecule has 5 heteroatoms. The lowest BCUT2D eigenvalue weighted by Crippen LogP contribution is -2.34. The fraction of sp³-hybridized carbons (Fsp3) is 0.600. The van der Waals surface area contributed by atoms with Crippen LogP contribution in [0.3, 0.4) is 0 Å². The Hall–Kier alpha value is -0.680. The van der Waals surface area contributed by atoms with Crippen LogP contribution in [-0.4, -0.2) is 36.3 Å². The van der Waals surface area contributed by atoms with E-state index in [1.54, 1.807) is 19.5 Å². The van der Waals surface area contributed by atoms with Gasteiger partial charge in [-0.25, -0.2) is 9.97 Å². The second kappa shape index (κ2) is 4.90. The van der Waals surface area contributed by atoms with Crippen molar-refractivity contribution >= 4 is 21.9 Å². The minimum Gasteiger partial charge on any atom is -0.383 e. The molecule has 1 aromatic heterocycles. The minimum absolute atomic E-state index is 0.427. The monoisotopic (exact) mass is 271 g/mol. The van der Waals surface area contributed by atoms with Gasteiger partial charge in [-0.2, -0.15) is 0 Å². The van der Waals surface area contributed by atoms with E-state index in [4.69, 9.17) is 4.74 Å². The first kappa shape index (κ1) is 10.8. The summed E-state index contributed by atoms with van der Waals surface area (Å²) in [6.07, 6.45) is 5.91. The predicted octanol–water partition coefficient (Wildman–Crippen LogP) is 1.85. The van der Waals surface area contributed by atoms with Gasteiger partial charge in [0.25, 0.3) is 0 Å². The molecule has 0 aromatic carbocycles. The molecule has 0 aliphatic carbocycles. The van der Waals surface area contributed by atoms with Crippen molar-refractivity contribution in [3.05, 3.63) is 16.9 Å². The summed E-state index contributed by atoms with van der Waals surface area (Å²) in [7, 11) is 1.74. The van der Waals surface area contributed by atoms with E-state index >= 15 is 0 Å². The fourth-order valence-corrected chi connectivity index (χ4v) is 2.12. The Kier molecular flexibility index (Phi) is 3.53. The highest BCUT2D eigenvalue weighted by Crippen LogP contribution is 2.22. The maximum atomic E-state index is 5.19. The standard InChI is InChI=1S/C10H14BrN3O/c1-15-7-9-3-2-4-14(9)10-12-5-8(11)6-13-10/h5-6,9H,2-4,7H2,1H3/t9-/m1/s1. The van der Waals surface area contributed by atoms with E-state index in [-0.39, 0.29) is 0 Å². The summed E-state index contributed by atoms with van der Waals surface area (Å²) in [5.41, 5.74) is 0. The molecule has 1 aliphatic rings. The van der Waals surface area contributed by atoms with E-state index in [2.05, 4.69) is 30.8 Å². The van der Waals surface area contributed by atoms with Gasteiger partial charge in [-0.05, 0) is 28.8 Å². The van der Waals surface area contributed by atoms with Crippen molar-refractivity contribution in [2.75, 3.05) is 25.2 Å². The van der Waals surface area contributed by atoms with Gasteiger partial charge in [0.2, 0.25) is 5.95 Å². The van der Waals surface area contributed by atoms with Crippen LogP contribution in [0.15, 0.2) is 16.9 Å². The molecule has 0 spiro atoms. The molecule has 1 saturated heterocycles. The highest BCUT2D eigenvalue weighted by Gasteiger charge is 2.26. The van der Waals surface area contributed by atoms with Crippen molar-refractivity contribution in [3.63, 3.8) is 0 Å². The molecule has 0 unspecified atom stereocenters. The Morgan fingerprint density at radius 1 is 1.53 bits per heavy atom. The summed E-state index contributed by atoms with van der Waals surface area (Å²) < 4.78 is 6.11. The number of anilines is 1. The molecule has 2 heterocycles. The average Bonchev–Trinajstić information content (AvgIpc) is 2.68. The van der Waals surface area contributed by atoms with Crippen LogP contribution in [0.4, 0.5) is 5.95 Å². The quantitative estimate of drug-likeness (QED) is 0.841. The van der Waals surface area contributed by atoms with Crippen molar-refractivity contribution in [1.29, 1.82) is 0 Å². The Morgan fingerprint density at radius 2 is 2.27 bits per heavy atom. The molecule has 2 rings (SSSR count). The van der Waals surface area contributed by atoms with Crippen LogP contribution >= 0.6 is 15.9 Å². The van der Waals surface area contributed by atoms with Gasteiger partial charge in [0, 0.05) is 26.0 Å². The Balaban J connectivity index is 2.11. The number of aromatic nitrogens is 2.